The summed E-state index contributed by atoms with van der Waals surface area (Å²) in [7, 11) is -1.78. The molecule has 2 heterocycles. The minimum absolute atomic E-state index is 0.0433. The molecular weight excluding hydrogens is 499 g/mol. The van der Waals surface area contributed by atoms with E-state index in [1.807, 2.05) is 0 Å². The Morgan fingerprint density at radius 3 is 2.70 bits per heavy atom. The van der Waals surface area contributed by atoms with Crippen LogP contribution in [0, 0.1) is 17.8 Å². The van der Waals surface area contributed by atoms with Crippen LogP contribution in [0.4, 0.5) is 0 Å². The van der Waals surface area contributed by atoms with E-state index in [9.17, 15) is 0 Å². The van der Waals surface area contributed by atoms with Crippen molar-refractivity contribution in [1.29, 1.82) is 0 Å². The largest absolute Gasteiger partial charge is 0.408 e. The Bertz CT molecular complexity index is 875. The van der Waals surface area contributed by atoms with E-state index in [0.717, 1.165) is 30.1 Å². The third kappa shape index (κ3) is 3.23. The Morgan fingerprint density at radius 1 is 1.23 bits per heavy atom. The molecule has 1 spiro atoms. The highest BCUT2D eigenvalue weighted by Crippen LogP contribution is 2.69. The SMILES string of the molecule is C[C@H]1C[C@H]2[C@@]34CCC=C[C@@H]3C[C@@](CI)(C[C@]2(O[Si](C)(C)C)/C1=C\c1ccccc1)O4. The van der Waals surface area contributed by atoms with Crippen molar-refractivity contribution in [3.63, 3.8) is 0 Å². The molecule has 0 radical (unpaired) electrons. The Labute approximate surface area is 196 Å². The van der Waals surface area contributed by atoms with E-state index < -0.39 is 8.32 Å². The highest BCUT2D eigenvalue weighted by molar-refractivity contribution is 14.1. The van der Waals surface area contributed by atoms with Gasteiger partial charge in [-0.25, -0.2) is 0 Å². The van der Waals surface area contributed by atoms with Crippen LogP contribution in [0.5, 0.6) is 0 Å². The maximum absolute atomic E-state index is 7.36. The molecule has 6 atom stereocenters. The van der Waals surface area contributed by atoms with Crippen LogP contribution in [0.15, 0.2) is 48.1 Å². The maximum Gasteiger partial charge on any atom is 0.184 e. The van der Waals surface area contributed by atoms with Crippen LogP contribution in [0.1, 0.15) is 44.6 Å². The second kappa shape index (κ2) is 7.29. The summed E-state index contributed by atoms with van der Waals surface area (Å²) >= 11 is 2.58. The summed E-state index contributed by atoms with van der Waals surface area (Å²) in [5.41, 5.74) is 2.56. The summed E-state index contributed by atoms with van der Waals surface area (Å²) in [5.74, 6) is 1.53. The monoisotopic (exact) mass is 534 g/mol. The van der Waals surface area contributed by atoms with E-state index in [1.54, 1.807) is 0 Å². The Hall–Kier alpha value is -0.433. The molecule has 4 aliphatic rings. The van der Waals surface area contributed by atoms with Crippen molar-refractivity contribution in [1.82, 2.24) is 0 Å². The maximum atomic E-state index is 7.36. The van der Waals surface area contributed by atoms with Crippen LogP contribution < -0.4 is 0 Å². The smallest absolute Gasteiger partial charge is 0.184 e. The summed E-state index contributed by atoms with van der Waals surface area (Å²) in [5, 5.41) is 0. The molecule has 1 aromatic carbocycles. The molecule has 3 fully saturated rings. The molecule has 2 aliphatic heterocycles. The molecule has 5 rings (SSSR count). The van der Waals surface area contributed by atoms with Crippen molar-refractivity contribution in [2.45, 2.75) is 75.5 Å². The molecule has 0 amide bonds. The highest BCUT2D eigenvalue weighted by Gasteiger charge is 2.72. The summed E-state index contributed by atoms with van der Waals surface area (Å²) < 4.78 is 15.6. The molecule has 1 saturated carbocycles. The first-order valence-corrected chi connectivity index (χ1v) is 16.6. The van der Waals surface area contributed by atoms with Crippen LogP contribution in [-0.4, -0.2) is 29.5 Å². The van der Waals surface area contributed by atoms with Gasteiger partial charge in [0.15, 0.2) is 8.32 Å². The first-order chi connectivity index (χ1) is 14.2. The highest BCUT2D eigenvalue weighted by atomic mass is 127. The molecule has 2 saturated heterocycles. The Kier molecular flexibility index (Phi) is 5.20. The third-order valence-corrected chi connectivity index (χ3v) is 10.3. The lowest BCUT2D eigenvalue weighted by Crippen LogP contribution is -2.63. The molecule has 0 unspecified atom stereocenters. The molecule has 2 nitrogen and oxygen atoms in total. The zero-order valence-electron chi connectivity index (χ0n) is 18.8. The number of hydrogen-bond acceptors (Lipinski definition) is 2. The van der Waals surface area contributed by atoms with Gasteiger partial charge in [0.2, 0.25) is 0 Å². The summed E-state index contributed by atoms with van der Waals surface area (Å²) in [6.45, 7) is 9.53. The van der Waals surface area contributed by atoms with Gasteiger partial charge < -0.3 is 9.16 Å². The summed E-state index contributed by atoms with van der Waals surface area (Å²) in [4.78, 5) is 0. The van der Waals surface area contributed by atoms with Crippen molar-refractivity contribution in [3.8, 4) is 0 Å². The van der Waals surface area contributed by atoms with E-state index in [4.69, 9.17) is 9.16 Å². The molecule has 2 bridgehead atoms. The predicted octanol–water partition coefficient (Wildman–Crippen LogP) is 7.02. The number of halogens is 1. The average molecular weight is 535 g/mol. The predicted molar refractivity (Wildman–Crippen MR) is 135 cm³/mol. The second-order valence-corrected chi connectivity index (χ2v) is 16.3. The quantitative estimate of drug-likeness (QED) is 0.179. The van der Waals surface area contributed by atoms with Gasteiger partial charge in [0.05, 0.1) is 16.8 Å². The van der Waals surface area contributed by atoms with E-state index in [-0.39, 0.29) is 16.8 Å². The summed E-state index contributed by atoms with van der Waals surface area (Å²) in [6.07, 6.45) is 13.0. The normalized spacial score (nSPS) is 43.6. The van der Waals surface area contributed by atoms with Crippen molar-refractivity contribution >= 4 is 37.0 Å². The first-order valence-electron chi connectivity index (χ1n) is 11.6. The van der Waals surface area contributed by atoms with Gasteiger partial charge in [0.25, 0.3) is 0 Å². The molecule has 4 heteroatoms. The van der Waals surface area contributed by atoms with Crippen LogP contribution in [-0.2, 0) is 9.16 Å². The first kappa shape index (κ1) is 21.4. The van der Waals surface area contributed by atoms with Gasteiger partial charge in [-0.1, -0.05) is 78.1 Å². The van der Waals surface area contributed by atoms with Crippen LogP contribution >= 0.6 is 22.6 Å². The van der Waals surface area contributed by atoms with Crippen molar-refractivity contribution < 1.29 is 9.16 Å². The molecule has 0 aromatic heterocycles. The van der Waals surface area contributed by atoms with Gasteiger partial charge in [-0.05, 0) is 62.4 Å². The fourth-order valence-electron chi connectivity index (χ4n) is 7.16. The Morgan fingerprint density at radius 2 is 2.00 bits per heavy atom. The topological polar surface area (TPSA) is 18.5 Å². The third-order valence-electron chi connectivity index (χ3n) is 7.90. The number of rotatable bonds is 4. The Balaban J connectivity index is 1.70. The zero-order chi connectivity index (χ0) is 21.2. The van der Waals surface area contributed by atoms with Gasteiger partial charge in [0, 0.05) is 22.7 Å². The van der Waals surface area contributed by atoms with Gasteiger partial charge in [0.1, 0.15) is 0 Å². The number of ether oxygens (including phenoxy) is 1. The standard InChI is InChI=1S/C26H35IO2Si/c1-19-14-23-25-13-9-8-12-21(25)16-24(18-27,28-25)17-26(23,29-30(2,3)4)22(19)15-20-10-6-5-7-11-20/h5-8,10-12,15,19,21,23H,9,13-14,16-18H2,1-4H3/b22-15-/t19-,21+,23-,24-,25+,26-/m0/s1. The minimum Gasteiger partial charge on any atom is -0.408 e. The lowest BCUT2D eigenvalue weighted by atomic mass is 9.66. The number of benzene rings is 1. The molecule has 30 heavy (non-hydrogen) atoms. The molecule has 0 N–H and O–H groups in total. The number of alkyl halides is 1. The van der Waals surface area contributed by atoms with E-state index in [1.165, 1.54) is 17.6 Å². The fourth-order valence-corrected chi connectivity index (χ4v) is 9.33. The van der Waals surface area contributed by atoms with E-state index in [0.29, 0.717) is 17.8 Å². The minimum atomic E-state index is -1.78. The molecule has 1 aromatic rings. The van der Waals surface area contributed by atoms with Crippen molar-refractivity contribution in [2.24, 2.45) is 17.8 Å². The van der Waals surface area contributed by atoms with E-state index >= 15 is 0 Å². The van der Waals surface area contributed by atoms with Gasteiger partial charge in [-0.3, -0.25) is 0 Å². The average Bonchev–Trinajstić information content (AvgIpc) is 3.13. The lowest BCUT2D eigenvalue weighted by molar-refractivity contribution is -0.221. The molecule has 162 valence electrons. The van der Waals surface area contributed by atoms with Gasteiger partial charge >= 0.3 is 0 Å². The number of fused-ring (bicyclic) bond motifs is 2. The van der Waals surface area contributed by atoms with Crippen molar-refractivity contribution in [3.05, 3.63) is 53.6 Å². The number of hydrogen-bond donors (Lipinski definition) is 0. The molecular formula is C26H35IO2Si. The van der Waals surface area contributed by atoms with Gasteiger partial charge in [-0.15, -0.1) is 0 Å². The number of allylic oxidation sites excluding steroid dienone is 1. The van der Waals surface area contributed by atoms with Crippen LogP contribution in [0.2, 0.25) is 19.6 Å². The van der Waals surface area contributed by atoms with E-state index in [2.05, 4.69) is 97.7 Å². The van der Waals surface area contributed by atoms with Gasteiger partial charge in [-0.2, -0.15) is 0 Å². The molecule has 2 aliphatic carbocycles. The van der Waals surface area contributed by atoms with Crippen LogP contribution in [0.3, 0.4) is 0 Å². The lowest BCUT2D eigenvalue weighted by Gasteiger charge is -2.56. The zero-order valence-corrected chi connectivity index (χ0v) is 21.9. The summed E-state index contributed by atoms with van der Waals surface area (Å²) in [6, 6.07) is 10.9. The second-order valence-electron chi connectivity index (χ2n) is 11.1. The fraction of sp³-hybridized carbons (Fsp3) is 0.615. The van der Waals surface area contributed by atoms with Crippen LogP contribution in [0.25, 0.3) is 6.08 Å². The van der Waals surface area contributed by atoms with Crippen molar-refractivity contribution in [2.75, 3.05) is 4.43 Å².